The number of thioether (sulfide) groups is 1. The van der Waals surface area contributed by atoms with Crippen LogP contribution in [0.1, 0.15) is 5.56 Å². The molecule has 18 heavy (non-hydrogen) atoms. The van der Waals surface area contributed by atoms with Gasteiger partial charge in [0.1, 0.15) is 0 Å². The number of amidine groups is 1. The number of sulfone groups is 1. The molecule has 0 bridgehead atoms. The summed E-state index contributed by atoms with van der Waals surface area (Å²) >= 11 is 1.38. The smallest absolute Gasteiger partial charge is 0.161 e. The summed E-state index contributed by atoms with van der Waals surface area (Å²) in [4.78, 5) is 1.86. The van der Waals surface area contributed by atoms with Gasteiger partial charge in [0, 0.05) is 10.9 Å². The number of anilines is 1. The first kappa shape index (κ1) is 12.0. The summed E-state index contributed by atoms with van der Waals surface area (Å²) in [7, 11) is -2.94. The molecule has 96 valence electrons. The molecule has 2 aliphatic heterocycles. The molecule has 0 unspecified atom stereocenters. The van der Waals surface area contributed by atoms with Crippen molar-refractivity contribution in [3.8, 4) is 0 Å². The molecule has 0 spiro atoms. The molecule has 2 aliphatic rings. The molecule has 2 heterocycles. The predicted molar refractivity (Wildman–Crippen MR) is 75.2 cm³/mol. The molecule has 3 rings (SSSR count). The minimum Gasteiger partial charge on any atom is -0.316 e. The molecule has 0 amide bonds. The summed E-state index contributed by atoms with van der Waals surface area (Å²) in [6.07, 6.45) is 0. The van der Waals surface area contributed by atoms with E-state index in [4.69, 9.17) is 5.41 Å². The number of aryl methyl sites for hydroxylation is 1. The van der Waals surface area contributed by atoms with Gasteiger partial charge in [-0.05, 0) is 19.1 Å². The number of nitrogens with zero attached hydrogens (tertiary/aromatic N) is 1. The van der Waals surface area contributed by atoms with Crippen molar-refractivity contribution >= 4 is 32.5 Å². The lowest BCUT2D eigenvalue weighted by molar-refractivity contribution is 0.601. The van der Waals surface area contributed by atoms with Crippen molar-refractivity contribution in [3.05, 3.63) is 29.8 Å². The third-order valence-corrected chi connectivity index (χ3v) is 6.53. The number of nitrogens with one attached hydrogen (secondary N) is 1. The molecular weight excluding hydrogens is 268 g/mol. The quantitative estimate of drug-likeness (QED) is 0.851. The maximum atomic E-state index is 11.7. The second-order valence-electron chi connectivity index (χ2n) is 4.81. The summed E-state index contributed by atoms with van der Waals surface area (Å²) in [5, 5.41) is 8.50. The lowest BCUT2D eigenvalue weighted by Gasteiger charge is -2.23. The Morgan fingerprint density at radius 2 is 1.94 bits per heavy atom. The van der Waals surface area contributed by atoms with E-state index < -0.39 is 9.84 Å². The van der Waals surface area contributed by atoms with Gasteiger partial charge in [-0.3, -0.25) is 5.41 Å². The summed E-state index contributed by atoms with van der Waals surface area (Å²) in [6, 6.07) is 7.82. The number of hydrogen-bond donors (Lipinski definition) is 1. The highest BCUT2D eigenvalue weighted by Crippen LogP contribution is 2.40. The molecular formula is C12H14N2O2S2. The second-order valence-corrected chi connectivity index (χ2v) is 8.19. The Morgan fingerprint density at radius 3 is 2.61 bits per heavy atom. The summed E-state index contributed by atoms with van der Waals surface area (Å²) in [5.74, 6) is 0.369. The third kappa shape index (κ3) is 1.93. The monoisotopic (exact) mass is 282 g/mol. The van der Waals surface area contributed by atoms with Gasteiger partial charge >= 0.3 is 0 Å². The van der Waals surface area contributed by atoms with Gasteiger partial charge in [0.05, 0.1) is 17.5 Å². The average molecular weight is 282 g/mol. The summed E-state index contributed by atoms with van der Waals surface area (Å²) < 4.78 is 23.3. The average Bonchev–Trinajstić information content (AvgIpc) is 2.70. The molecule has 1 aromatic rings. The van der Waals surface area contributed by atoms with E-state index in [1.807, 2.05) is 36.1 Å². The lowest BCUT2D eigenvalue weighted by atomic mass is 10.1. The summed E-state index contributed by atoms with van der Waals surface area (Å²) in [5.41, 5.74) is 2.08. The van der Waals surface area contributed by atoms with Crippen molar-refractivity contribution in [1.29, 1.82) is 5.41 Å². The maximum absolute atomic E-state index is 11.7. The highest BCUT2D eigenvalue weighted by atomic mass is 32.2. The van der Waals surface area contributed by atoms with E-state index >= 15 is 0 Å². The molecule has 4 nitrogen and oxygen atoms in total. The van der Waals surface area contributed by atoms with Gasteiger partial charge in [-0.1, -0.05) is 29.5 Å². The van der Waals surface area contributed by atoms with E-state index in [1.165, 1.54) is 11.8 Å². The number of benzene rings is 1. The van der Waals surface area contributed by atoms with Gasteiger partial charge in [-0.15, -0.1) is 0 Å². The Labute approximate surface area is 111 Å². The Morgan fingerprint density at radius 1 is 1.28 bits per heavy atom. The fourth-order valence-corrected chi connectivity index (χ4v) is 6.31. The third-order valence-electron chi connectivity index (χ3n) is 3.40. The zero-order chi connectivity index (χ0) is 12.9. The molecule has 2 fully saturated rings. The molecule has 6 heteroatoms. The molecule has 1 N–H and O–H groups in total. The molecule has 1 aromatic carbocycles. The molecule has 0 saturated carbocycles. The molecule has 2 atom stereocenters. The van der Waals surface area contributed by atoms with Crippen LogP contribution < -0.4 is 4.90 Å². The largest absolute Gasteiger partial charge is 0.316 e. The van der Waals surface area contributed by atoms with Crippen LogP contribution in [0.25, 0.3) is 0 Å². The van der Waals surface area contributed by atoms with Crippen molar-refractivity contribution in [1.82, 2.24) is 0 Å². The highest BCUT2D eigenvalue weighted by molar-refractivity contribution is 8.15. The van der Waals surface area contributed by atoms with E-state index in [-0.39, 0.29) is 22.8 Å². The van der Waals surface area contributed by atoms with Crippen molar-refractivity contribution in [3.63, 3.8) is 0 Å². The van der Waals surface area contributed by atoms with Crippen molar-refractivity contribution < 1.29 is 8.42 Å². The molecule has 0 aromatic heterocycles. The molecule has 0 aliphatic carbocycles. The van der Waals surface area contributed by atoms with E-state index in [0.717, 1.165) is 11.3 Å². The zero-order valence-electron chi connectivity index (χ0n) is 9.96. The summed E-state index contributed by atoms with van der Waals surface area (Å²) in [6.45, 7) is 2.01. The topological polar surface area (TPSA) is 61.2 Å². The first-order valence-corrected chi connectivity index (χ1v) is 8.48. The molecule has 2 saturated heterocycles. The predicted octanol–water partition coefficient (Wildman–Crippen LogP) is 1.65. The minimum atomic E-state index is -2.94. The van der Waals surface area contributed by atoms with E-state index in [1.54, 1.807) is 0 Å². The highest BCUT2D eigenvalue weighted by Gasteiger charge is 2.48. The van der Waals surface area contributed by atoms with Crippen LogP contribution in [0, 0.1) is 12.3 Å². The van der Waals surface area contributed by atoms with Crippen molar-refractivity contribution in [2.24, 2.45) is 0 Å². The van der Waals surface area contributed by atoms with Gasteiger partial charge in [0.2, 0.25) is 0 Å². The Hall–Kier alpha value is -1.01. The van der Waals surface area contributed by atoms with E-state index in [2.05, 4.69) is 0 Å². The molecule has 0 radical (unpaired) electrons. The van der Waals surface area contributed by atoms with Crippen molar-refractivity contribution in [2.45, 2.75) is 18.2 Å². The zero-order valence-corrected chi connectivity index (χ0v) is 11.6. The van der Waals surface area contributed by atoms with Gasteiger partial charge in [0.25, 0.3) is 0 Å². The minimum absolute atomic E-state index is 0.0174. The van der Waals surface area contributed by atoms with Crippen molar-refractivity contribution in [2.75, 3.05) is 16.4 Å². The lowest BCUT2D eigenvalue weighted by Crippen LogP contribution is -2.37. The van der Waals surface area contributed by atoms with Gasteiger partial charge in [0.15, 0.2) is 15.0 Å². The Balaban J connectivity index is 1.96. The van der Waals surface area contributed by atoms with Gasteiger partial charge in [-0.2, -0.15) is 0 Å². The SMILES string of the molecule is Cc1ccc(N2C(=N)S[C@@H]3CS(=O)(=O)C[C@@H]32)cc1. The van der Waals surface area contributed by atoms with Gasteiger partial charge < -0.3 is 4.90 Å². The fourth-order valence-electron chi connectivity index (χ4n) is 2.52. The van der Waals surface area contributed by atoms with E-state index in [9.17, 15) is 8.42 Å². The standard InChI is InChI=1S/C12H14N2O2S2/c1-8-2-4-9(5-3-8)14-10-6-18(15,16)7-11(10)17-12(14)13/h2-5,10-11,13H,6-7H2,1H3/t10-,11+/m0/s1. The Bertz CT molecular complexity index is 595. The number of fused-ring (bicyclic) bond motifs is 1. The maximum Gasteiger partial charge on any atom is 0.161 e. The Kier molecular flexibility index (Phi) is 2.67. The van der Waals surface area contributed by atoms with Crippen LogP contribution in [0.5, 0.6) is 0 Å². The van der Waals surface area contributed by atoms with Crippen LogP contribution >= 0.6 is 11.8 Å². The first-order chi connectivity index (χ1) is 8.46. The van der Waals surface area contributed by atoms with Crippen LogP contribution in [0.3, 0.4) is 0 Å². The van der Waals surface area contributed by atoms with Crippen LogP contribution in [0.4, 0.5) is 5.69 Å². The first-order valence-electron chi connectivity index (χ1n) is 5.78. The van der Waals surface area contributed by atoms with Gasteiger partial charge in [-0.25, -0.2) is 8.42 Å². The van der Waals surface area contributed by atoms with Crippen LogP contribution in [-0.4, -0.2) is 36.4 Å². The number of rotatable bonds is 1. The van der Waals surface area contributed by atoms with Crippen LogP contribution in [0.2, 0.25) is 0 Å². The second kappa shape index (κ2) is 3.99. The van der Waals surface area contributed by atoms with Crippen LogP contribution in [0.15, 0.2) is 24.3 Å². The van der Waals surface area contributed by atoms with Crippen LogP contribution in [-0.2, 0) is 9.84 Å². The number of hydrogen-bond acceptors (Lipinski definition) is 4. The fraction of sp³-hybridized carbons (Fsp3) is 0.417. The normalized spacial score (nSPS) is 29.6. The van der Waals surface area contributed by atoms with E-state index in [0.29, 0.717) is 5.17 Å².